The molecule has 0 heterocycles. The van der Waals surface area contributed by atoms with E-state index in [4.69, 9.17) is 0 Å². The monoisotopic (exact) mass is 249 g/mol. The third-order valence-electron chi connectivity index (χ3n) is 1.91. The Morgan fingerprint density at radius 3 is 2.53 bits per heavy atom. The molecule has 0 spiro atoms. The Bertz CT molecular complexity index is 379. The summed E-state index contributed by atoms with van der Waals surface area (Å²) in [6.07, 6.45) is 1.58. The number of thioether (sulfide) groups is 1. The van der Waals surface area contributed by atoms with Gasteiger partial charge in [0.1, 0.15) is 0 Å². The summed E-state index contributed by atoms with van der Waals surface area (Å²) in [6, 6.07) is 10.2. The van der Waals surface area contributed by atoms with Gasteiger partial charge >= 0.3 is 0 Å². The van der Waals surface area contributed by atoms with Gasteiger partial charge in [0.2, 0.25) is 5.91 Å². The lowest BCUT2D eigenvalue weighted by atomic mass is 10.1. The van der Waals surface area contributed by atoms with Crippen LogP contribution in [0.1, 0.15) is 26.3 Å². The maximum absolute atomic E-state index is 11.5. The summed E-state index contributed by atoms with van der Waals surface area (Å²) >= 11 is 1.62. The smallest absolute Gasteiger partial charge is 0.244 e. The quantitative estimate of drug-likeness (QED) is 0.829. The number of hydrogen-bond acceptors (Lipinski definition) is 2. The second-order valence-electron chi connectivity index (χ2n) is 4.84. The van der Waals surface area contributed by atoms with Crippen LogP contribution in [0.3, 0.4) is 0 Å². The number of benzene rings is 1. The first-order valence-corrected chi connectivity index (χ1v) is 6.66. The second kappa shape index (κ2) is 6.50. The third-order valence-corrected chi connectivity index (χ3v) is 2.74. The average molecular weight is 249 g/mol. The van der Waals surface area contributed by atoms with E-state index in [0.717, 1.165) is 5.75 Å². The lowest BCUT2D eigenvalue weighted by molar-refractivity contribution is -0.117. The summed E-state index contributed by atoms with van der Waals surface area (Å²) in [5.74, 6) is 0.846. The van der Waals surface area contributed by atoms with Gasteiger partial charge in [-0.25, -0.2) is 0 Å². The topological polar surface area (TPSA) is 29.1 Å². The van der Waals surface area contributed by atoms with Crippen molar-refractivity contribution in [2.75, 3.05) is 0 Å². The van der Waals surface area contributed by atoms with E-state index < -0.39 is 0 Å². The highest BCUT2D eigenvalue weighted by Gasteiger charge is 2.10. The molecular weight excluding hydrogens is 230 g/mol. The van der Waals surface area contributed by atoms with Crippen molar-refractivity contribution in [2.24, 2.45) is 0 Å². The highest BCUT2D eigenvalue weighted by atomic mass is 32.2. The molecule has 0 radical (unpaired) electrons. The van der Waals surface area contributed by atoms with Crippen LogP contribution in [0.2, 0.25) is 0 Å². The largest absolute Gasteiger partial charge is 0.348 e. The highest BCUT2D eigenvalue weighted by Crippen LogP contribution is 2.12. The molecule has 0 fully saturated rings. The van der Waals surface area contributed by atoms with E-state index in [1.165, 1.54) is 5.56 Å². The van der Waals surface area contributed by atoms with Crippen molar-refractivity contribution in [1.29, 1.82) is 0 Å². The normalized spacial score (nSPS) is 11.7. The Labute approximate surface area is 107 Å². The Balaban J connectivity index is 2.29. The van der Waals surface area contributed by atoms with Gasteiger partial charge in [0.15, 0.2) is 0 Å². The lowest BCUT2D eigenvalue weighted by Gasteiger charge is -2.18. The van der Waals surface area contributed by atoms with Crippen molar-refractivity contribution in [1.82, 2.24) is 5.32 Å². The summed E-state index contributed by atoms with van der Waals surface area (Å²) in [4.78, 5) is 11.5. The van der Waals surface area contributed by atoms with Crippen molar-refractivity contribution in [2.45, 2.75) is 32.1 Å². The SMILES string of the molecule is CC(C)(C)NC(=O)/C=C\SCc1ccccc1. The molecule has 3 heteroatoms. The van der Waals surface area contributed by atoms with E-state index in [-0.39, 0.29) is 11.4 Å². The Kier molecular flexibility index (Phi) is 5.29. The molecule has 1 aromatic carbocycles. The first-order valence-electron chi connectivity index (χ1n) is 5.61. The van der Waals surface area contributed by atoms with Crippen LogP contribution in [0.15, 0.2) is 41.8 Å². The minimum atomic E-state index is -0.175. The van der Waals surface area contributed by atoms with Crippen LogP contribution in [-0.2, 0) is 10.5 Å². The standard InChI is InChI=1S/C14H19NOS/c1-14(2,3)15-13(16)9-10-17-11-12-7-5-4-6-8-12/h4-10H,11H2,1-3H3,(H,15,16)/b10-9-. The predicted molar refractivity (Wildman–Crippen MR) is 74.8 cm³/mol. The number of nitrogens with one attached hydrogen (secondary N) is 1. The van der Waals surface area contributed by atoms with Gasteiger partial charge in [0, 0.05) is 17.4 Å². The van der Waals surface area contributed by atoms with Crippen molar-refractivity contribution in [3.05, 3.63) is 47.4 Å². The Hall–Kier alpha value is -1.22. The summed E-state index contributed by atoms with van der Waals surface area (Å²) in [6.45, 7) is 5.90. The first-order chi connectivity index (χ1) is 7.97. The molecule has 0 aliphatic rings. The number of amides is 1. The number of carbonyl (C=O) groups excluding carboxylic acids is 1. The molecule has 0 unspecified atom stereocenters. The first kappa shape index (κ1) is 13.8. The zero-order valence-electron chi connectivity index (χ0n) is 10.6. The third kappa shape index (κ3) is 6.84. The molecule has 0 aliphatic heterocycles. The molecule has 0 saturated heterocycles. The summed E-state index contributed by atoms with van der Waals surface area (Å²) < 4.78 is 0. The Morgan fingerprint density at radius 2 is 1.94 bits per heavy atom. The zero-order valence-corrected chi connectivity index (χ0v) is 11.4. The van der Waals surface area contributed by atoms with Crippen LogP contribution in [0.25, 0.3) is 0 Å². The van der Waals surface area contributed by atoms with Crippen LogP contribution in [0.4, 0.5) is 0 Å². The van der Waals surface area contributed by atoms with E-state index in [9.17, 15) is 4.79 Å². The van der Waals surface area contributed by atoms with Crippen molar-refractivity contribution >= 4 is 17.7 Å². The second-order valence-corrected chi connectivity index (χ2v) is 5.73. The van der Waals surface area contributed by atoms with E-state index in [0.29, 0.717) is 0 Å². The molecule has 0 saturated carbocycles. The predicted octanol–water partition coefficient (Wildman–Crippen LogP) is 3.35. The average Bonchev–Trinajstić information content (AvgIpc) is 2.23. The van der Waals surface area contributed by atoms with Crippen molar-refractivity contribution in [3.63, 3.8) is 0 Å². The maximum Gasteiger partial charge on any atom is 0.244 e. The fraction of sp³-hybridized carbons (Fsp3) is 0.357. The molecule has 0 bridgehead atoms. The summed E-state index contributed by atoms with van der Waals surface area (Å²) in [5, 5.41) is 4.72. The molecule has 1 amide bonds. The van der Waals surface area contributed by atoms with Crippen LogP contribution in [0, 0.1) is 0 Å². The van der Waals surface area contributed by atoms with Gasteiger partial charge in [-0.1, -0.05) is 30.3 Å². The minimum Gasteiger partial charge on any atom is -0.348 e. The molecule has 1 rings (SSSR count). The van der Waals surface area contributed by atoms with Gasteiger partial charge < -0.3 is 5.32 Å². The van der Waals surface area contributed by atoms with Crippen LogP contribution in [-0.4, -0.2) is 11.4 Å². The molecule has 0 aliphatic carbocycles. The van der Waals surface area contributed by atoms with Gasteiger partial charge in [-0.3, -0.25) is 4.79 Å². The zero-order chi connectivity index (χ0) is 12.7. The fourth-order valence-corrected chi connectivity index (χ4v) is 1.94. The molecule has 1 N–H and O–H groups in total. The van der Waals surface area contributed by atoms with Crippen LogP contribution < -0.4 is 5.32 Å². The number of carbonyl (C=O) groups is 1. The minimum absolute atomic E-state index is 0.0435. The molecule has 17 heavy (non-hydrogen) atoms. The van der Waals surface area contributed by atoms with Crippen molar-refractivity contribution < 1.29 is 4.79 Å². The van der Waals surface area contributed by atoms with Crippen LogP contribution in [0.5, 0.6) is 0 Å². The highest BCUT2D eigenvalue weighted by molar-refractivity contribution is 8.01. The lowest BCUT2D eigenvalue weighted by Crippen LogP contribution is -2.39. The van der Waals surface area contributed by atoms with Gasteiger partial charge in [-0.15, -0.1) is 11.8 Å². The van der Waals surface area contributed by atoms with Gasteiger partial charge in [0.05, 0.1) is 0 Å². The van der Waals surface area contributed by atoms with Crippen molar-refractivity contribution in [3.8, 4) is 0 Å². The molecular formula is C14H19NOS. The molecule has 2 nitrogen and oxygen atoms in total. The van der Waals surface area contributed by atoms with Gasteiger partial charge in [0.25, 0.3) is 0 Å². The van der Waals surface area contributed by atoms with E-state index >= 15 is 0 Å². The van der Waals surface area contributed by atoms with Gasteiger partial charge in [-0.2, -0.15) is 0 Å². The molecule has 0 atom stereocenters. The number of hydrogen-bond donors (Lipinski definition) is 1. The van der Waals surface area contributed by atoms with E-state index in [1.807, 2.05) is 44.4 Å². The maximum atomic E-state index is 11.5. The fourth-order valence-electron chi connectivity index (χ4n) is 1.24. The molecule has 92 valence electrons. The summed E-state index contributed by atoms with van der Waals surface area (Å²) in [7, 11) is 0. The molecule has 0 aromatic heterocycles. The number of rotatable bonds is 4. The van der Waals surface area contributed by atoms with Crippen LogP contribution >= 0.6 is 11.8 Å². The van der Waals surface area contributed by atoms with Gasteiger partial charge in [-0.05, 0) is 31.7 Å². The van der Waals surface area contributed by atoms with E-state index in [2.05, 4.69) is 17.4 Å². The Morgan fingerprint density at radius 1 is 1.29 bits per heavy atom. The molecule has 1 aromatic rings. The summed E-state index contributed by atoms with van der Waals surface area (Å²) in [5.41, 5.74) is 1.09. The van der Waals surface area contributed by atoms with E-state index in [1.54, 1.807) is 17.8 Å².